The van der Waals surface area contributed by atoms with Crippen LogP contribution in [0.2, 0.25) is 0 Å². The molecule has 98 valence electrons. The van der Waals surface area contributed by atoms with Gasteiger partial charge in [0, 0.05) is 6.04 Å². The van der Waals surface area contributed by atoms with Gasteiger partial charge in [-0.25, -0.2) is 9.59 Å². The van der Waals surface area contributed by atoms with Gasteiger partial charge < -0.3 is 15.7 Å². The molecular formula is C12H22N2O3. The molecule has 1 fully saturated rings. The van der Waals surface area contributed by atoms with Gasteiger partial charge in [0.1, 0.15) is 6.04 Å². The number of hydrogen-bond donors (Lipinski definition) is 3. The summed E-state index contributed by atoms with van der Waals surface area (Å²) in [6, 6.07) is -1.01. The standard InChI is InChI=1S/C12H22N2O3/c1-3-9(7-8-5-6-8)13-12(17)14-10(4-2)11(15)16/h8-10H,3-7H2,1-2H3,(H,15,16)(H2,13,14,17)/t9?,10-/m1/s1. The fourth-order valence-corrected chi connectivity index (χ4v) is 1.81. The van der Waals surface area contributed by atoms with Crippen LogP contribution in [-0.2, 0) is 4.79 Å². The summed E-state index contributed by atoms with van der Waals surface area (Å²) in [5, 5.41) is 14.1. The number of carbonyl (C=O) groups is 2. The largest absolute Gasteiger partial charge is 0.480 e. The van der Waals surface area contributed by atoms with Crippen LogP contribution in [0.1, 0.15) is 46.0 Å². The van der Waals surface area contributed by atoms with Crippen molar-refractivity contribution in [3.8, 4) is 0 Å². The Morgan fingerprint density at radius 3 is 2.29 bits per heavy atom. The molecule has 0 saturated heterocycles. The van der Waals surface area contributed by atoms with E-state index in [1.54, 1.807) is 6.92 Å². The lowest BCUT2D eigenvalue weighted by Gasteiger charge is -2.19. The van der Waals surface area contributed by atoms with Crippen LogP contribution in [0.3, 0.4) is 0 Å². The number of rotatable bonds is 7. The predicted molar refractivity (Wildman–Crippen MR) is 64.8 cm³/mol. The lowest BCUT2D eigenvalue weighted by molar-refractivity contribution is -0.139. The molecule has 0 aliphatic heterocycles. The third-order valence-electron chi connectivity index (χ3n) is 3.15. The van der Waals surface area contributed by atoms with Gasteiger partial charge in [-0.1, -0.05) is 26.7 Å². The van der Waals surface area contributed by atoms with Crippen LogP contribution < -0.4 is 10.6 Å². The summed E-state index contributed by atoms with van der Waals surface area (Å²) >= 11 is 0. The zero-order valence-electron chi connectivity index (χ0n) is 10.5. The normalized spacial score (nSPS) is 18.2. The van der Waals surface area contributed by atoms with E-state index in [-0.39, 0.29) is 12.1 Å². The SMILES string of the molecule is CCC(CC1CC1)NC(=O)N[C@H](CC)C(=O)O. The molecule has 0 spiro atoms. The van der Waals surface area contributed by atoms with Crippen molar-refractivity contribution in [3.05, 3.63) is 0 Å². The Morgan fingerprint density at radius 1 is 1.24 bits per heavy atom. The van der Waals surface area contributed by atoms with Gasteiger partial charge in [0.05, 0.1) is 0 Å². The highest BCUT2D eigenvalue weighted by Gasteiger charge is 2.26. The molecule has 0 aromatic carbocycles. The average molecular weight is 242 g/mol. The highest BCUT2D eigenvalue weighted by Crippen LogP contribution is 2.33. The number of aliphatic carboxylic acids is 1. The monoisotopic (exact) mass is 242 g/mol. The Balaban J connectivity index is 2.32. The van der Waals surface area contributed by atoms with Crippen LogP contribution in [0.4, 0.5) is 4.79 Å². The zero-order valence-corrected chi connectivity index (χ0v) is 10.5. The number of urea groups is 1. The molecule has 1 unspecified atom stereocenters. The average Bonchev–Trinajstić information content (AvgIpc) is 3.08. The van der Waals surface area contributed by atoms with Gasteiger partial charge in [0.2, 0.25) is 0 Å². The predicted octanol–water partition coefficient (Wildman–Crippen LogP) is 1.73. The first-order chi connectivity index (χ1) is 8.06. The van der Waals surface area contributed by atoms with E-state index < -0.39 is 12.0 Å². The van der Waals surface area contributed by atoms with E-state index in [2.05, 4.69) is 10.6 Å². The van der Waals surface area contributed by atoms with Crippen molar-refractivity contribution in [2.75, 3.05) is 0 Å². The van der Waals surface area contributed by atoms with Crippen molar-refractivity contribution in [1.82, 2.24) is 10.6 Å². The summed E-state index contributed by atoms with van der Waals surface area (Å²) in [6.45, 7) is 3.77. The number of hydrogen-bond acceptors (Lipinski definition) is 2. The van der Waals surface area contributed by atoms with Gasteiger partial charge >= 0.3 is 12.0 Å². The second-order valence-electron chi connectivity index (χ2n) is 4.70. The van der Waals surface area contributed by atoms with E-state index in [1.807, 2.05) is 6.92 Å². The van der Waals surface area contributed by atoms with Crippen LogP contribution in [0.15, 0.2) is 0 Å². The van der Waals surface area contributed by atoms with Crippen molar-refractivity contribution < 1.29 is 14.7 Å². The first-order valence-electron chi connectivity index (χ1n) is 6.36. The van der Waals surface area contributed by atoms with E-state index >= 15 is 0 Å². The Labute approximate surface area is 102 Å². The zero-order chi connectivity index (χ0) is 12.8. The molecule has 1 saturated carbocycles. The van der Waals surface area contributed by atoms with Gasteiger partial charge in [0.15, 0.2) is 0 Å². The van der Waals surface area contributed by atoms with Crippen molar-refractivity contribution >= 4 is 12.0 Å². The molecule has 2 amide bonds. The van der Waals surface area contributed by atoms with Crippen LogP contribution in [-0.4, -0.2) is 29.2 Å². The second kappa shape index (κ2) is 6.47. The third-order valence-corrected chi connectivity index (χ3v) is 3.15. The fraction of sp³-hybridized carbons (Fsp3) is 0.833. The Kier molecular flexibility index (Phi) is 5.25. The quantitative estimate of drug-likeness (QED) is 0.636. The molecule has 5 nitrogen and oxygen atoms in total. The number of nitrogens with one attached hydrogen (secondary N) is 2. The maximum absolute atomic E-state index is 11.6. The summed E-state index contributed by atoms with van der Waals surface area (Å²) in [7, 11) is 0. The fourth-order valence-electron chi connectivity index (χ4n) is 1.81. The van der Waals surface area contributed by atoms with E-state index in [4.69, 9.17) is 5.11 Å². The molecule has 0 bridgehead atoms. The van der Waals surface area contributed by atoms with E-state index in [1.165, 1.54) is 12.8 Å². The molecule has 2 atom stereocenters. The van der Waals surface area contributed by atoms with Gasteiger partial charge in [-0.05, 0) is 25.2 Å². The smallest absolute Gasteiger partial charge is 0.326 e. The van der Waals surface area contributed by atoms with Gasteiger partial charge in [0.25, 0.3) is 0 Å². The van der Waals surface area contributed by atoms with E-state index in [0.29, 0.717) is 6.42 Å². The molecule has 0 heterocycles. The van der Waals surface area contributed by atoms with Crippen LogP contribution in [0.25, 0.3) is 0 Å². The summed E-state index contributed by atoms with van der Waals surface area (Å²) in [4.78, 5) is 22.4. The molecule has 1 aliphatic rings. The number of carboxylic acid groups (broad SMARTS) is 1. The van der Waals surface area contributed by atoms with Gasteiger partial charge in [-0.3, -0.25) is 0 Å². The Bertz CT molecular complexity index is 277. The van der Waals surface area contributed by atoms with Crippen LogP contribution >= 0.6 is 0 Å². The molecular weight excluding hydrogens is 220 g/mol. The topological polar surface area (TPSA) is 78.4 Å². The maximum atomic E-state index is 11.6. The lowest BCUT2D eigenvalue weighted by Crippen LogP contribution is -2.48. The van der Waals surface area contributed by atoms with Gasteiger partial charge in [-0.2, -0.15) is 0 Å². The van der Waals surface area contributed by atoms with Crippen molar-refractivity contribution in [2.24, 2.45) is 5.92 Å². The molecule has 5 heteroatoms. The summed E-state index contributed by atoms with van der Waals surface area (Å²) in [5.41, 5.74) is 0. The molecule has 1 rings (SSSR count). The highest BCUT2D eigenvalue weighted by atomic mass is 16.4. The minimum atomic E-state index is -0.988. The molecule has 17 heavy (non-hydrogen) atoms. The summed E-state index contributed by atoms with van der Waals surface area (Å²) in [6.07, 6.45) is 4.79. The minimum absolute atomic E-state index is 0.161. The van der Waals surface area contributed by atoms with Gasteiger partial charge in [-0.15, -0.1) is 0 Å². The lowest BCUT2D eigenvalue weighted by atomic mass is 10.1. The molecule has 0 aromatic heterocycles. The molecule has 0 aromatic rings. The maximum Gasteiger partial charge on any atom is 0.326 e. The first-order valence-corrected chi connectivity index (χ1v) is 6.36. The van der Waals surface area contributed by atoms with Crippen LogP contribution in [0, 0.1) is 5.92 Å². The van der Waals surface area contributed by atoms with Crippen molar-refractivity contribution in [2.45, 2.75) is 58.0 Å². The van der Waals surface area contributed by atoms with Crippen molar-refractivity contribution in [1.29, 1.82) is 0 Å². The molecule has 0 radical (unpaired) electrons. The van der Waals surface area contributed by atoms with E-state index in [9.17, 15) is 9.59 Å². The third kappa shape index (κ3) is 5.06. The molecule has 3 N–H and O–H groups in total. The van der Waals surface area contributed by atoms with Crippen molar-refractivity contribution in [3.63, 3.8) is 0 Å². The Hall–Kier alpha value is -1.26. The summed E-state index contributed by atoms with van der Waals surface area (Å²) in [5.74, 6) is -0.236. The highest BCUT2D eigenvalue weighted by molar-refractivity contribution is 5.82. The van der Waals surface area contributed by atoms with E-state index in [0.717, 1.165) is 18.8 Å². The first kappa shape index (κ1) is 13.8. The Morgan fingerprint density at radius 2 is 1.88 bits per heavy atom. The second-order valence-corrected chi connectivity index (χ2v) is 4.70. The minimum Gasteiger partial charge on any atom is -0.480 e. The number of carbonyl (C=O) groups excluding carboxylic acids is 1. The van der Waals surface area contributed by atoms with Crippen LogP contribution in [0.5, 0.6) is 0 Å². The number of amides is 2. The number of carboxylic acids is 1. The summed E-state index contributed by atoms with van der Waals surface area (Å²) < 4.78 is 0. The molecule has 1 aliphatic carbocycles.